The maximum Gasteiger partial charge on any atom is 0.306 e. The fourth-order valence-electron chi connectivity index (χ4n) is 5.20. The zero-order chi connectivity index (χ0) is 40.6. The van der Waals surface area contributed by atoms with Crippen molar-refractivity contribution >= 4 is 13.8 Å². The zero-order valence-electron chi connectivity index (χ0n) is 35.6. The van der Waals surface area contributed by atoms with Gasteiger partial charge in [0.1, 0.15) is 19.3 Å². The molecule has 8 nitrogen and oxygen atoms in total. The van der Waals surface area contributed by atoms with Gasteiger partial charge < -0.3 is 27.9 Å². The van der Waals surface area contributed by atoms with Crippen molar-refractivity contribution in [1.82, 2.24) is 0 Å². The van der Waals surface area contributed by atoms with Crippen LogP contribution in [0, 0.1) is 0 Å². The normalized spacial score (nSPS) is 14.7. The summed E-state index contributed by atoms with van der Waals surface area (Å²) in [6.45, 7) is 5.06. The Hall–Kier alpha value is -2.32. The van der Waals surface area contributed by atoms with E-state index in [1.54, 1.807) is 0 Å². The highest BCUT2D eigenvalue weighted by molar-refractivity contribution is 7.45. The van der Waals surface area contributed by atoms with Crippen LogP contribution in [0.5, 0.6) is 0 Å². The third-order valence-electron chi connectivity index (χ3n) is 8.44. The second kappa shape index (κ2) is 38.5. The lowest BCUT2D eigenvalue weighted by Crippen LogP contribution is -2.37. The van der Waals surface area contributed by atoms with E-state index in [1.807, 2.05) is 21.1 Å². The number of carbonyl (C=O) groups is 1. The van der Waals surface area contributed by atoms with Gasteiger partial charge in [-0.3, -0.25) is 9.36 Å². The molecule has 0 fully saturated rings. The van der Waals surface area contributed by atoms with Gasteiger partial charge in [0.05, 0.1) is 34.4 Å². The number of quaternary nitrogens is 1. The summed E-state index contributed by atoms with van der Waals surface area (Å²) in [6.07, 6.45) is 50.2. The third-order valence-corrected chi connectivity index (χ3v) is 9.41. The van der Waals surface area contributed by atoms with E-state index < -0.39 is 13.9 Å². The van der Waals surface area contributed by atoms with Crippen molar-refractivity contribution in [3.8, 4) is 0 Å². The number of rotatable bonds is 38. The summed E-state index contributed by atoms with van der Waals surface area (Å²) in [7, 11) is 1.31. The molecule has 0 aliphatic heterocycles. The lowest BCUT2D eigenvalue weighted by molar-refractivity contribution is -0.870. The number of esters is 1. The molecule has 2 unspecified atom stereocenters. The number of carbonyl (C=O) groups excluding carboxylic acids is 1. The molecule has 316 valence electrons. The van der Waals surface area contributed by atoms with Crippen LogP contribution in [0.15, 0.2) is 85.1 Å². The van der Waals surface area contributed by atoms with Crippen molar-refractivity contribution in [3.05, 3.63) is 85.1 Å². The van der Waals surface area contributed by atoms with Crippen LogP contribution in [0.1, 0.15) is 142 Å². The summed E-state index contributed by atoms with van der Waals surface area (Å²) < 4.78 is 34.5. The summed E-state index contributed by atoms with van der Waals surface area (Å²) >= 11 is 0. The molecule has 2 atom stereocenters. The molecule has 0 amide bonds. The Morgan fingerprint density at radius 3 is 1.49 bits per heavy atom. The lowest BCUT2D eigenvalue weighted by atomic mass is 10.1. The lowest BCUT2D eigenvalue weighted by Gasteiger charge is -2.28. The summed E-state index contributed by atoms with van der Waals surface area (Å²) in [4.78, 5) is 25.0. The highest BCUT2D eigenvalue weighted by Gasteiger charge is 2.20. The number of unbranched alkanes of at least 4 members (excludes halogenated alkanes) is 10. The molecule has 0 aromatic heterocycles. The van der Waals surface area contributed by atoms with Crippen molar-refractivity contribution in [3.63, 3.8) is 0 Å². The van der Waals surface area contributed by atoms with Gasteiger partial charge in [-0.1, -0.05) is 137 Å². The maximum atomic E-state index is 12.7. The van der Waals surface area contributed by atoms with Crippen molar-refractivity contribution in [2.45, 2.75) is 148 Å². The Balaban J connectivity index is 4.35. The average molecular weight is 790 g/mol. The fourth-order valence-corrected chi connectivity index (χ4v) is 5.93. The Morgan fingerprint density at radius 2 is 1.00 bits per heavy atom. The van der Waals surface area contributed by atoms with Crippen LogP contribution in [0.2, 0.25) is 0 Å². The first-order chi connectivity index (χ1) is 26.6. The van der Waals surface area contributed by atoms with Crippen LogP contribution in [-0.4, -0.2) is 70.7 Å². The number of hydrogen-bond donors (Lipinski definition) is 0. The first-order valence-electron chi connectivity index (χ1n) is 21.3. The van der Waals surface area contributed by atoms with E-state index in [0.717, 1.165) is 103 Å². The topological polar surface area (TPSA) is 94.1 Å². The number of hydrogen-bond acceptors (Lipinski definition) is 7. The summed E-state index contributed by atoms with van der Waals surface area (Å²) in [5, 5.41) is 0. The van der Waals surface area contributed by atoms with Gasteiger partial charge in [-0.2, -0.15) is 0 Å². The SMILES string of the molecule is CC/C=C\C/C=C\C/C=C\C/C=C\CCCCCOCC(COP(=O)([O-])OCC[N+](C)(C)C)OC(=O)CCCCCCCCC/C=C\C/C=C\C/C=C\CC. The smallest absolute Gasteiger partial charge is 0.306 e. The monoisotopic (exact) mass is 790 g/mol. The Kier molecular flexibility index (Phi) is 36.9. The molecule has 0 radical (unpaired) electrons. The van der Waals surface area contributed by atoms with Crippen LogP contribution in [0.25, 0.3) is 0 Å². The molecular formula is C46H80NO7P. The predicted molar refractivity (Wildman–Crippen MR) is 231 cm³/mol. The number of phosphoric ester groups is 1. The molecule has 0 bridgehead atoms. The van der Waals surface area contributed by atoms with Crippen molar-refractivity contribution in [2.75, 3.05) is 54.1 Å². The highest BCUT2D eigenvalue weighted by Crippen LogP contribution is 2.38. The van der Waals surface area contributed by atoms with Gasteiger partial charge in [-0.15, -0.1) is 0 Å². The van der Waals surface area contributed by atoms with Crippen molar-refractivity contribution in [1.29, 1.82) is 0 Å². The van der Waals surface area contributed by atoms with E-state index in [-0.39, 0.29) is 32.2 Å². The summed E-state index contributed by atoms with van der Waals surface area (Å²) in [5.74, 6) is -0.360. The second-order valence-corrected chi connectivity index (χ2v) is 16.3. The van der Waals surface area contributed by atoms with E-state index in [9.17, 15) is 14.3 Å². The van der Waals surface area contributed by atoms with Crippen LogP contribution in [0.4, 0.5) is 0 Å². The minimum absolute atomic E-state index is 0.0125. The Labute approximate surface area is 337 Å². The number of phosphoric acid groups is 1. The van der Waals surface area contributed by atoms with Gasteiger partial charge >= 0.3 is 5.97 Å². The summed E-state index contributed by atoms with van der Waals surface area (Å²) in [5.41, 5.74) is 0. The van der Waals surface area contributed by atoms with Gasteiger partial charge in [-0.05, 0) is 83.5 Å². The van der Waals surface area contributed by atoms with E-state index in [0.29, 0.717) is 17.6 Å². The van der Waals surface area contributed by atoms with E-state index in [2.05, 4.69) is 98.9 Å². The molecule has 0 aliphatic rings. The first kappa shape index (κ1) is 52.7. The molecular weight excluding hydrogens is 709 g/mol. The highest BCUT2D eigenvalue weighted by atomic mass is 31.2. The van der Waals surface area contributed by atoms with Gasteiger partial charge in [0.15, 0.2) is 0 Å². The van der Waals surface area contributed by atoms with Crippen LogP contribution < -0.4 is 4.89 Å². The molecule has 0 rings (SSSR count). The Bertz CT molecular complexity index is 1150. The zero-order valence-corrected chi connectivity index (χ0v) is 36.5. The van der Waals surface area contributed by atoms with Gasteiger partial charge in [0, 0.05) is 13.0 Å². The average Bonchev–Trinajstić information content (AvgIpc) is 3.13. The van der Waals surface area contributed by atoms with Crippen LogP contribution in [0.3, 0.4) is 0 Å². The van der Waals surface area contributed by atoms with Gasteiger partial charge in [-0.25, -0.2) is 0 Å². The van der Waals surface area contributed by atoms with Crippen LogP contribution in [-0.2, 0) is 27.9 Å². The van der Waals surface area contributed by atoms with Gasteiger partial charge in [0.25, 0.3) is 7.82 Å². The number of ether oxygens (including phenoxy) is 2. The minimum Gasteiger partial charge on any atom is -0.756 e. The van der Waals surface area contributed by atoms with Crippen molar-refractivity contribution in [2.24, 2.45) is 0 Å². The molecule has 0 saturated carbocycles. The molecule has 0 aromatic carbocycles. The first-order valence-corrected chi connectivity index (χ1v) is 22.8. The van der Waals surface area contributed by atoms with E-state index in [4.69, 9.17) is 18.5 Å². The molecule has 0 N–H and O–H groups in total. The molecule has 0 heterocycles. The number of nitrogens with zero attached hydrogens (tertiary/aromatic N) is 1. The maximum absolute atomic E-state index is 12.7. The van der Waals surface area contributed by atoms with E-state index in [1.165, 1.54) is 19.3 Å². The fraction of sp³-hybridized carbons (Fsp3) is 0.674. The van der Waals surface area contributed by atoms with Crippen molar-refractivity contribution < 1.29 is 37.3 Å². The van der Waals surface area contributed by atoms with Crippen LogP contribution >= 0.6 is 7.82 Å². The summed E-state index contributed by atoms with van der Waals surface area (Å²) in [6, 6.07) is 0. The Morgan fingerprint density at radius 1 is 0.564 bits per heavy atom. The van der Waals surface area contributed by atoms with Gasteiger partial charge in [0.2, 0.25) is 0 Å². The standard InChI is InChI=1S/C46H80NO7P/c1-6-8-10-12-14-16-18-20-22-24-25-27-29-31-33-35-37-39-46(48)54-45(44-53-55(49,50)52-42-40-47(3,4)5)43-51-41-38-36-34-32-30-28-26-23-21-19-17-15-13-11-9-7-2/h8-11,14-17,20-23,28,30,45H,6-7,12-13,18-19,24-27,29,31-44H2,1-5H3/b10-8-,11-9-,16-14-,17-15-,22-20-,23-21-,30-28-. The molecule has 0 aliphatic carbocycles. The second-order valence-electron chi connectivity index (χ2n) is 14.9. The molecule has 0 saturated heterocycles. The number of likely N-dealkylation sites (N-methyl/N-ethyl adjacent to an activating group) is 1. The third kappa shape index (κ3) is 42.7. The number of allylic oxidation sites excluding steroid dienone is 14. The molecule has 9 heteroatoms. The molecule has 55 heavy (non-hydrogen) atoms. The largest absolute Gasteiger partial charge is 0.756 e. The predicted octanol–water partition coefficient (Wildman–Crippen LogP) is 11.9. The molecule has 0 spiro atoms. The van der Waals surface area contributed by atoms with E-state index >= 15 is 0 Å². The minimum atomic E-state index is -4.54. The quantitative estimate of drug-likeness (QED) is 0.0202. The molecule has 0 aromatic rings.